The van der Waals surface area contributed by atoms with Crippen LogP contribution in [0.5, 0.6) is 0 Å². The molecule has 4 rings (SSSR count). The highest BCUT2D eigenvalue weighted by molar-refractivity contribution is 7.10. The molecule has 0 aliphatic carbocycles. The van der Waals surface area contributed by atoms with E-state index in [0.717, 1.165) is 56.6 Å². The van der Waals surface area contributed by atoms with Crippen molar-refractivity contribution < 1.29 is 9.18 Å². The van der Waals surface area contributed by atoms with Crippen LogP contribution in [0.4, 0.5) is 10.1 Å². The first-order valence-corrected chi connectivity index (χ1v) is 10.4. The minimum absolute atomic E-state index is 0.0292. The van der Waals surface area contributed by atoms with Crippen molar-refractivity contribution in [3.8, 4) is 0 Å². The molecule has 0 fully saturated rings. The first-order valence-electron chi connectivity index (χ1n) is 9.51. The molecule has 2 aliphatic rings. The van der Waals surface area contributed by atoms with Gasteiger partial charge in [-0.1, -0.05) is 13.3 Å². The molecule has 0 saturated heterocycles. The third-order valence-corrected chi connectivity index (χ3v) is 7.02. The fraction of sp³-hybridized carbons (Fsp3) is 0.476. The molecule has 3 heterocycles. The Bertz CT molecular complexity index is 818. The Balaban J connectivity index is 1.37. The molecule has 2 aliphatic heterocycles. The molecule has 1 aromatic heterocycles. The van der Waals surface area contributed by atoms with Crippen molar-refractivity contribution in [3.63, 3.8) is 0 Å². The normalized spacial score (nSPS) is 22.2. The van der Waals surface area contributed by atoms with Crippen LogP contribution in [0.25, 0.3) is 0 Å². The van der Waals surface area contributed by atoms with E-state index in [2.05, 4.69) is 21.7 Å². The zero-order valence-electron chi connectivity index (χ0n) is 15.2. The van der Waals surface area contributed by atoms with Crippen molar-refractivity contribution in [1.82, 2.24) is 4.90 Å². The molecule has 0 bridgehead atoms. The van der Waals surface area contributed by atoms with Crippen LogP contribution in [0, 0.1) is 5.82 Å². The highest BCUT2D eigenvalue weighted by Crippen LogP contribution is 2.44. The minimum Gasteiger partial charge on any atom is -0.325 e. The lowest BCUT2D eigenvalue weighted by molar-refractivity contribution is -0.121. The Kier molecular flexibility index (Phi) is 4.84. The van der Waals surface area contributed by atoms with Crippen molar-refractivity contribution in [3.05, 3.63) is 51.5 Å². The molecular formula is C21H25FN2OS. The molecule has 138 valence electrons. The zero-order valence-corrected chi connectivity index (χ0v) is 16.0. The Morgan fingerprint density at radius 3 is 3.04 bits per heavy atom. The van der Waals surface area contributed by atoms with Gasteiger partial charge in [-0.15, -0.1) is 11.3 Å². The van der Waals surface area contributed by atoms with Gasteiger partial charge in [0.05, 0.1) is 5.41 Å². The number of thiophene rings is 1. The molecule has 1 atom stereocenters. The number of nitrogens with one attached hydrogen (secondary N) is 1. The van der Waals surface area contributed by atoms with E-state index < -0.39 is 5.41 Å². The summed E-state index contributed by atoms with van der Waals surface area (Å²) in [6.07, 6.45) is 4.69. The first kappa shape index (κ1) is 17.7. The quantitative estimate of drug-likeness (QED) is 0.745. The molecule has 0 radical (unpaired) electrons. The summed E-state index contributed by atoms with van der Waals surface area (Å²) in [5.74, 6) is -0.237. The topological polar surface area (TPSA) is 32.3 Å². The largest absolute Gasteiger partial charge is 0.325 e. The summed E-state index contributed by atoms with van der Waals surface area (Å²) >= 11 is 1.87. The number of benzene rings is 1. The number of hydrogen-bond acceptors (Lipinski definition) is 3. The van der Waals surface area contributed by atoms with Gasteiger partial charge < -0.3 is 5.32 Å². The van der Waals surface area contributed by atoms with Gasteiger partial charge in [0.1, 0.15) is 5.82 Å². The van der Waals surface area contributed by atoms with Crippen molar-refractivity contribution in [2.45, 2.75) is 51.0 Å². The summed E-state index contributed by atoms with van der Waals surface area (Å²) in [6.45, 7) is 5.27. The van der Waals surface area contributed by atoms with E-state index in [0.29, 0.717) is 6.42 Å². The van der Waals surface area contributed by atoms with Crippen molar-refractivity contribution in [1.29, 1.82) is 0 Å². The van der Waals surface area contributed by atoms with Crippen LogP contribution < -0.4 is 5.32 Å². The van der Waals surface area contributed by atoms with Gasteiger partial charge in [-0.05, 0) is 73.0 Å². The van der Waals surface area contributed by atoms with E-state index in [-0.39, 0.29) is 11.7 Å². The van der Waals surface area contributed by atoms with E-state index in [4.69, 9.17) is 0 Å². The van der Waals surface area contributed by atoms with Crippen LogP contribution in [-0.4, -0.2) is 23.9 Å². The SMILES string of the molecule is CCC1(CCCCN2CCc3sccc3C2)C(=O)Nc2ccc(F)cc21. The number of unbranched alkanes of at least 4 members (excludes halogenated alkanes) is 1. The highest BCUT2D eigenvalue weighted by atomic mass is 32.1. The number of fused-ring (bicyclic) bond motifs is 2. The maximum absolute atomic E-state index is 13.7. The van der Waals surface area contributed by atoms with Crippen LogP contribution in [0.3, 0.4) is 0 Å². The number of nitrogens with zero attached hydrogens (tertiary/aromatic N) is 1. The molecular weight excluding hydrogens is 347 g/mol. The molecule has 3 nitrogen and oxygen atoms in total. The average Bonchev–Trinajstić information content (AvgIpc) is 3.21. The highest BCUT2D eigenvalue weighted by Gasteiger charge is 2.44. The van der Waals surface area contributed by atoms with E-state index in [9.17, 15) is 9.18 Å². The fourth-order valence-electron chi connectivity index (χ4n) is 4.42. The molecule has 2 aromatic rings. The summed E-state index contributed by atoms with van der Waals surface area (Å²) in [4.78, 5) is 16.7. The van der Waals surface area contributed by atoms with Crippen LogP contribution in [0.15, 0.2) is 29.6 Å². The van der Waals surface area contributed by atoms with E-state index in [1.807, 2.05) is 18.3 Å². The second kappa shape index (κ2) is 7.12. The predicted octanol–water partition coefficient (Wildman–Crippen LogP) is 4.72. The van der Waals surface area contributed by atoms with Gasteiger partial charge in [0.15, 0.2) is 0 Å². The molecule has 0 spiro atoms. The smallest absolute Gasteiger partial charge is 0.235 e. The predicted molar refractivity (Wildman–Crippen MR) is 104 cm³/mol. The first-order chi connectivity index (χ1) is 12.6. The lowest BCUT2D eigenvalue weighted by Gasteiger charge is -2.28. The van der Waals surface area contributed by atoms with Crippen LogP contribution >= 0.6 is 11.3 Å². The Morgan fingerprint density at radius 1 is 1.31 bits per heavy atom. The van der Waals surface area contributed by atoms with Gasteiger partial charge in [-0.2, -0.15) is 0 Å². The van der Waals surface area contributed by atoms with Crippen molar-refractivity contribution in [2.75, 3.05) is 18.4 Å². The summed E-state index contributed by atoms with van der Waals surface area (Å²) in [7, 11) is 0. The number of amides is 1. The van der Waals surface area contributed by atoms with Gasteiger partial charge in [0.2, 0.25) is 5.91 Å². The second-order valence-corrected chi connectivity index (χ2v) is 8.43. The van der Waals surface area contributed by atoms with Crippen LogP contribution in [-0.2, 0) is 23.2 Å². The summed E-state index contributed by atoms with van der Waals surface area (Å²) in [5.41, 5.74) is 2.52. The van der Waals surface area contributed by atoms with E-state index >= 15 is 0 Å². The van der Waals surface area contributed by atoms with Crippen molar-refractivity contribution in [2.24, 2.45) is 0 Å². The van der Waals surface area contributed by atoms with Crippen LogP contribution in [0.1, 0.15) is 48.6 Å². The fourth-order valence-corrected chi connectivity index (χ4v) is 5.31. The number of halogens is 1. The summed E-state index contributed by atoms with van der Waals surface area (Å²) < 4.78 is 13.7. The summed E-state index contributed by atoms with van der Waals surface area (Å²) in [6, 6.07) is 6.89. The van der Waals surface area contributed by atoms with E-state index in [1.165, 1.54) is 16.5 Å². The van der Waals surface area contributed by atoms with Crippen LogP contribution in [0.2, 0.25) is 0 Å². The van der Waals surface area contributed by atoms with Crippen molar-refractivity contribution >= 4 is 22.9 Å². The maximum atomic E-state index is 13.7. The molecule has 1 aromatic carbocycles. The third-order valence-electron chi connectivity index (χ3n) is 6.00. The van der Waals surface area contributed by atoms with E-state index in [1.54, 1.807) is 12.1 Å². The van der Waals surface area contributed by atoms with Gasteiger partial charge in [-0.3, -0.25) is 9.69 Å². The molecule has 1 N–H and O–H groups in total. The number of anilines is 1. The summed E-state index contributed by atoms with van der Waals surface area (Å²) in [5, 5.41) is 5.14. The Morgan fingerprint density at radius 2 is 2.19 bits per heavy atom. The molecule has 26 heavy (non-hydrogen) atoms. The van der Waals surface area contributed by atoms with Gasteiger partial charge in [0, 0.05) is 23.7 Å². The Labute approximate surface area is 158 Å². The lowest BCUT2D eigenvalue weighted by atomic mass is 9.75. The molecule has 0 saturated carbocycles. The standard InChI is InChI=1S/C21H25FN2OS/c1-2-21(17-13-16(22)5-6-18(17)23-20(21)25)9-3-4-10-24-11-7-19-15(14-24)8-12-26-19/h5-6,8,12-13H,2-4,7,9-11,14H2,1H3,(H,23,25). The van der Waals surface area contributed by atoms with Gasteiger partial charge in [0.25, 0.3) is 0 Å². The van der Waals surface area contributed by atoms with Gasteiger partial charge in [-0.25, -0.2) is 4.39 Å². The number of rotatable bonds is 6. The number of carbonyl (C=O) groups excluding carboxylic acids is 1. The number of hydrogen-bond donors (Lipinski definition) is 1. The minimum atomic E-state index is -0.570. The Hall–Kier alpha value is -1.72. The number of carbonyl (C=O) groups is 1. The molecule has 1 amide bonds. The zero-order chi connectivity index (χ0) is 18.1. The lowest BCUT2D eigenvalue weighted by Crippen LogP contribution is -2.34. The average molecular weight is 373 g/mol. The second-order valence-electron chi connectivity index (χ2n) is 7.43. The monoisotopic (exact) mass is 372 g/mol. The third kappa shape index (κ3) is 3.08. The van der Waals surface area contributed by atoms with Gasteiger partial charge >= 0.3 is 0 Å². The molecule has 5 heteroatoms. The molecule has 1 unspecified atom stereocenters. The maximum Gasteiger partial charge on any atom is 0.235 e.